The van der Waals surface area contributed by atoms with Crippen molar-refractivity contribution >= 4 is 40.9 Å². The minimum atomic E-state index is -1.03. The van der Waals surface area contributed by atoms with Gasteiger partial charge in [-0.15, -0.1) is 11.8 Å². The highest BCUT2D eigenvalue weighted by Crippen LogP contribution is 2.40. The monoisotopic (exact) mass is 760 g/mol. The van der Waals surface area contributed by atoms with E-state index in [0.29, 0.717) is 60.8 Å². The Morgan fingerprint density at radius 3 is 2.29 bits per heavy atom. The SMILES string of the molecule is Nc1ccccc1NC(=O)CCCCC(=O)NCc1cccc(-c2ccc([C@@H]3O[C@H](CSc4ncccc4C(=O)O)C[C@H](c4ccc(CO)cc4)O3)cc2)c1. The number of carbonyl (C=O) groups excluding carboxylic acids is 2. The van der Waals surface area contributed by atoms with Crippen molar-refractivity contribution in [2.45, 2.75) is 68.8 Å². The molecule has 6 rings (SSSR count). The summed E-state index contributed by atoms with van der Waals surface area (Å²) in [6.07, 6.45) is 2.74. The first kappa shape index (κ1) is 39.2. The Bertz CT molecular complexity index is 2080. The van der Waals surface area contributed by atoms with Crippen LogP contribution in [0.1, 0.15) is 77.1 Å². The number of aromatic carboxylic acids is 1. The Labute approximate surface area is 324 Å². The fourth-order valence-electron chi connectivity index (χ4n) is 6.24. The number of aromatic nitrogens is 1. The molecule has 2 amide bonds. The number of pyridine rings is 1. The number of carboxylic acids is 1. The molecule has 4 aromatic carbocycles. The molecule has 0 aliphatic carbocycles. The van der Waals surface area contributed by atoms with Crippen LogP contribution in [0.4, 0.5) is 11.4 Å². The molecule has 0 saturated carbocycles. The van der Waals surface area contributed by atoms with Crippen LogP contribution in [0.15, 0.2) is 120 Å². The van der Waals surface area contributed by atoms with E-state index in [4.69, 9.17) is 15.2 Å². The van der Waals surface area contributed by atoms with E-state index in [9.17, 15) is 24.6 Å². The number of hydrogen-bond acceptors (Lipinski definition) is 9. The average molecular weight is 761 g/mol. The molecule has 284 valence electrons. The van der Waals surface area contributed by atoms with Gasteiger partial charge in [0.05, 0.1) is 35.8 Å². The molecule has 3 atom stereocenters. The van der Waals surface area contributed by atoms with Crippen molar-refractivity contribution in [3.8, 4) is 11.1 Å². The van der Waals surface area contributed by atoms with E-state index in [0.717, 1.165) is 33.4 Å². The minimum Gasteiger partial charge on any atom is -0.478 e. The number of ether oxygens (including phenoxy) is 2. The van der Waals surface area contributed by atoms with E-state index in [1.807, 2.05) is 84.9 Å². The summed E-state index contributed by atoms with van der Waals surface area (Å²) in [6, 6.07) is 33.9. The lowest BCUT2D eigenvalue weighted by atomic mass is 9.99. The topological polar surface area (TPSA) is 173 Å². The number of amides is 2. The van der Waals surface area contributed by atoms with Gasteiger partial charge in [0.25, 0.3) is 0 Å². The van der Waals surface area contributed by atoms with Gasteiger partial charge in [0.2, 0.25) is 11.8 Å². The average Bonchev–Trinajstić information content (AvgIpc) is 3.22. The lowest BCUT2D eigenvalue weighted by Crippen LogP contribution is -2.31. The van der Waals surface area contributed by atoms with Crippen molar-refractivity contribution in [1.82, 2.24) is 10.3 Å². The molecule has 0 unspecified atom stereocenters. The van der Waals surface area contributed by atoms with Crippen LogP contribution in [0.2, 0.25) is 0 Å². The molecule has 1 aliphatic rings. The summed E-state index contributed by atoms with van der Waals surface area (Å²) in [5.74, 6) is -0.754. The second-order valence-corrected chi connectivity index (χ2v) is 14.3. The highest BCUT2D eigenvalue weighted by molar-refractivity contribution is 7.99. The summed E-state index contributed by atoms with van der Waals surface area (Å²) in [5, 5.41) is 25.4. The van der Waals surface area contributed by atoms with Crippen molar-refractivity contribution in [3.63, 3.8) is 0 Å². The molecule has 1 aliphatic heterocycles. The molecule has 0 spiro atoms. The minimum absolute atomic E-state index is 0.0494. The molecule has 2 heterocycles. The van der Waals surface area contributed by atoms with Crippen LogP contribution >= 0.6 is 11.8 Å². The Hall–Kier alpha value is -5.53. The smallest absolute Gasteiger partial charge is 0.338 e. The highest BCUT2D eigenvalue weighted by Gasteiger charge is 2.32. The van der Waals surface area contributed by atoms with Gasteiger partial charge in [-0.05, 0) is 71.0 Å². The van der Waals surface area contributed by atoms with E-state index in [1.165, 1.54) is 11.8 Å². The molecule has 11 nitrogen and oxygen atoms in total. The maximum absolute atomic E-state index is 12.6. The van der Waals surface area contributed by atoms with E-state index in [-0.39, 0.29) is 36.2 Å². The molecule has 1 fully saturated rings. The summed E-state index contributed by atoms with van der Waals surface area (Å²) >= 11 is 1.35. The number of unbranched alkanes of at least 4 members (excludes halogenated alkanes) is 1. The van der Waals surface area contributed by atoms with Crippen molar-refractivity contribution in [1.29, 1.82) is 0 Å². The van der Waals surface area contributed by atoms with Crippen molar-refractivity contribution in [2.75, 3.05) is 16.8 Å². The number of nitrogens with two attached hydrogens (primary N) is 1. The van der Waals surface area contributed by atoms with Crippen LogP contribution in [-0.2, 0) is 32.2 Å². The molecule has 0 bridgehead atoms. The molecule has 1 saturated heterocycles. The quantitative estimate of drug-likeness (QED) is 0.0382. The number of aliphatic hydroxyl groups is 1. The van der Waals surface area contributed by atoms with Crippen LogP contribution in [0.5, 0.6) is 0 Å². The van der Waals surface area contributed by atoms with E-state index in [1.54, 1.807) is 30.5 Å². The van der Waals surface area contributed by atoms with Gasteiger partial charge in [-0.3, -0.25) is 9.59 Å². The first-order chi connectivity index (χ1) is 26.7. The van der Waals surface area contributed by atoms with Crippen molar-refractivity contribution < 1.29 is 34.1 Å². The number of nitrogens with one attached hydrogen (secondary N) is 2. The molecular weight excluding hydrogens is 717 g/mol. The molecule has 0 radical (unpaired) electrons. The number of benzene rings is 4. The highest BCUT2D eigenvalue weighted by atomic mass is 32.2. The number of hydrogen-bond donors (Lipinski definition) is 5. The Kier molecular flexibility index (Phi) is 13.7. The Balaban J connectivity index is 1.04. The summed E-state index contributed by atoms with van der Waals surface area (Å²) < 4.78 is 13.0. The van der Waals surface area contributed by atoms with Crippen molar-refractivity contribution in [2.24, 2.45) is 0 Å². The van der Waals surface area contributed by atoms with Gasteiger partial charge in [0.1, 0.15) is 5.03 Å². The third kappa shape index (κ3) is 11.0. The van der Waals surface area contributed by atoms with Crippen LogP contribution < -0.4 is 16.4 Å². The van der Waals surface area contributed by atoms with Crippen LogP contribution in [0.3, 0.4) is 0 Å². The number of anilines is 2. The zero-order chi connectivity index (χ0) is 38.6. The van der Waals surface area contributed by atoms with Crippen LogP contribution in [0, 0.1) is 0 Å². The predicted octanol–water partition coefficient (Wildman–Crippen LogP) is 7.67. The molecular formula is C43H44N4O7S. The van der Waals surface area contributed by atoms with Gasteiger partial charge >= 0.3 is 5.97 Å². The molecule has 1 aromatic heterocycles. The van der Waals surface area contributed by atoms with Crippen LogP contribution in [-0.4, -0.2) is 44.8 Å². The number of para-hydroxylation sites is 2. The first-order valence-corrected chi connectivity index (χ1v) is 19.2. The van der Waals surface area contributed by atoms with E-state index >= 15 is 0 Å². The first-order valence-electron chi connectivity index (χ1n) is 18.2. The van der Waals surface area contributed by atoms with Gasteiger partial charge < -0.3 is 36.1 Å². The predicted molar refractivity (Wildman–Crippen MR) is 212 cm³/mol. The number of nitrogens with zero attached hydrogens (tertiary/aromatic N) is 1. The zero-order valence-electron chi connectivity index (χ0n) is 30.2. The number of aliphatic hydroxyl groups excluding tert-OH is 1. The molecule has 5 aromatic rings. The summed E-state index contributed by atoms with van der Waals surface area (Å²) in [6.45, 7) is 0.334. The van der Waals surface area contributed by atoms with Gasteiger partial charge in [0.15, 0.2) is 6.29 Å². The van der Waals surface area contributed by atoms with Gasteiger partial charge in [-0.25, -0.2) is 9.78 Å². The van der Waals surface area contributed by atoms with Gasteiger partial charge in [-0.2, -0.15) is 0 Å². The van der Waals surface area contributed by atoms with Gasteiger partial charge in [-0.1, -0.05) is 78.9 Å². The molecule has 12 heteroatoms. The maximum atomic E-state index is 12.6. The maximum Gasteiger partial charge on any atom is 0.338 e. The lowest BCUT2D eigenvalue weighted by Gasteiger charge is -2.36. The number of thioether (sulfide) groups is 1. The number of carbonyl (C=O) groups is 3. The Morgan fingerprint density at radius 1 is 0.800 bits per heavy atom. The fraction of sp³-hybridized carbons (Fsp3) is 0.256. The molecule has 55 heavy (non-hydrogen) atoms. The van der Waals surface area contributed by atoms with Crippen molar-refractivity contribution in [3.05, 3.63) is 143 Å². The number of nitrogen functional groups attached to an aromatic ring is 1. The zero-order valence-corrected chi connectivity index (χ0v) is 31.0. The number of rotatable bonds is 16. The summed E-state index contributed by atoms with van der Waals surface area (Å²) in [7, 11) is 0. The Morgan fingerprint density at radius 2 is 1.55 bits per heavy atom. The fourth-order valence-corrected chi connectivity index (χ4v) is 7.25. The second kappa shape index (κ2) is 19.2. The second-order valence-electron chi connectivity index (χ2n) is 13.3. The third-order valence-electron chi connectivity index (χ3n) is 9.25. The standard InChI is InChI=1S/C43H44N4O7S/c44-36-10-1-2-11-37(36)47-40(50)13-4-3-12-39(49)46-25-29-7-5-8-33(23-29)30-18-20-32(21-19-30)43-53-34(27-55-41-35(42(51)52)9-6-22-45-41)24-38(54-43)31-16-14-28(26-48)15-17-31/h1-2,5-11,14-23,34,38,43,48H,3-4,12-13,24-27,44H2,(H,46,49)(H,47,50)(H,51,52)/t34-,38+,43+/m0/s1. The lowest BCUT2D eigenvalue weighted by molar-refractivity contribution is -0.245. The van der Waals surface area contributed by atoms with E-state index < -0.39 is 12.3 Å². The largest absolute Gasteiger partial charge is 0.478 e. The summed E-state index contributed by atoms with van der Waals surface area (Å²) in [4.78, 5) is 40.9. The molecule has 6 N–H and O–H groups in total. The van der Waals surface area contributed by atoms with E-state index in [2.05, 4.69) is 15.6 Å². The summed E-state index contributed by atoms with van der Waals surface area (Å²) in [5.41, 5.74) is 12.7. The van der Waals surface area contributed by atoms with Gasteiger partial charge in [0, 0.05) is 43.3 Å². The third-order valence-corrected chi connectivity index (χ3v) is 10.4. The number of carboxylic acid groups (broad SMARTS) is 1. The normalized spacial score (nSPS) is 16.6. The van der Waals surface area contributed by atoms with Crippen LogP contribution in [0.25, 0.3) is 11.1 Å².